The lowest BCUT2D eigenvalue weighted by molar-refractivity contribution is -0.122. The molecule has 0 radical (unpaired) electrons. The van der Waals surface area contributed by atoms with Crippen molar-refractivity contribution in [2.75, 3.05) is 0 Å². The molecule has 1 amide bonds. The highest BCUT2D eigenvalue weighted by Crippen LogP contribution is 2.33. The monoisotopic (exact) mass is 590 g/mol. The van der Waals surface area contributed by atoms with E-state index in [2.05, 4.69) is 15.5 Å². The highest BCUT2D eigenvalue weighted by Gasteiger charge is 2.27. The van der Waals surface area contributed by atoms with Gasteiger partial charge in [0, 0.05) is 10.8 Å². The average molecular weight is 592 g/mol. The molecule has 0 fully saturated rings. The van der Waals surface area contributed by atoms with Crippen molar-refractivity contribution in [3.05, 3.63) is 142 Å². The maximum atomic E-state index is 13.8. The summed E-state index contributed by atoms with van der Waals surface area (Å²) in [5, 5.41) is 13.5. The summed E-state index contributed by atoms with van der Waals surface area (Å²) < 4.78 is 15.2. The van der Waals surface area contributed by atoms with Crippen LogP contribution in [0.2, 0.25) is 10.0 Å². The fraction of sp³-hybridized carbons (Fsp3) is 0.129. The smallest absolute Gasteiger partial charge is 0.232 e. The second-order valence-electron chi connectivity index (χ2n) is 9.17. The van der Waals surface area contributed by atoms with Crippen LogP contribution in [0.15, 0.2) is 108 Å². The maximum Gasteiger partial charge on any atom is 0.232 e. The number of carbonyl (C=O) groups excluding carboxylic acids is 1. The zero-order valence-electron chi connectivity index (χ0n) is 21.5. The third-order valence-electron chi connectivity index (χ3n) is 6.36. The Bertz CT molecular complexity index is 1560. The molecule has 0 aliphatic carbocycles. The van der Waals surface area contributed by atoms with Gasteiger partial charge in [-0.25, -0.2) is 4.39 Å². The largest absolute Gasteiger partial charge is 0.346 e. The van der Waals surface area contributed by atoms with Crippen LogP contribution in [0, 0.1) is 5.82 Å². The number of benzene rings is 4. The predicted octanol–water partition coefficient (Wildman–Crippen LogP) is 8.01. The summed E-state index contributed by atoms with van der Waals surface area (Å²) >= 11 is 14.2. The number of carbonyl (C=O) groups is 1. The molecule has 1 unspecified atom stereocenters. The molecule has 202 valence electrons. The first-order valence-corrected chi connectivity index (χ1v) is 14.3. The van der Waals surface area contributed by atoms with Crippen molar-refractivity contribution < 1.29 is 9.18 Å². The molecule has 1 atom stereocenters. The van der Waals surface area contributed by atoms with Crippen LogP contribution in [-0.2, 0) is 10.5 Å². The summed E-state index contributed by atoms with van der Waals surface area (Å²) in [6.07, 6.45) is 0. The highest BCUT2D eigenvalue weighted by atomic mass is 35.5. The Balaban J connectivity index is 1.47. The normalized spacial score (nSPS) is 11.9. The molecule has 1 aromatic heterocycles. The Hall–Kier alpha value is -3.65. The Morgan fingerprint density at radius 2 is 1.52 bits per heavy atom. The molecule has 0 bridgehead atoms. The molecular formula is C31H25Cl2FN4OS. The molecule has 5 nitrogen and oxygen atoms in total. The van der Waals surface area contributed by atoms with Crippen molar-refractivity contribution in [2.45, 2.75) is 29.8 Å². The van der Waals surface area contributed by atoms with Crippen LogP contribution in [0.4, 0.5) is 4.39 Å². The first-order chi connectivity index (χ1) is 19.4. The second-order valence-corrected chi connectivity index (χ2v) is 11.0. The molecule has 0 spiro atoms. The van der Waals surface area contributed by atoms with E-state index in [1.54, 1.807) is 30.3 Å². The van der Waals surface area contributed by atoms with Crippen LogP contribution >= 0.6 is 35.0 Å². The van der Waals surface area contributed by atoms with Crippen molar-refractivity contribution in [1.82, 2.24) is 20.1 Å². The molecule has 5 aromatic rings. The fourth-order valence-electron chi connectivity index (χ4n) is 4.42. The number of nitrogens with zero attached hydrogens (tertiary/aromatic N) is 3. The predicted molar refractivity (Wildman–Crippen MR) is 159 cm³/mol. The Labute approximate surface area is 246 Å². The quantitative estimate of drug-likeness (QED) is 0.177. The van der Waals surface area contributed by atoms with Gasteiger partial charge in [-0.3, -0.25) is 9.36 Å². The van der Waals surface area contributed by atoms with Gasteiger partial charge in [0.1, 0.15) is 5.82 Å². The van der Waals surface area contributed by atoms with E-state index in [-0.39, 0.29) is 11.7 Å². The highest BCUT2D eigenvalue weighted by molar-refractivity contribution is 7.98. The molecule has 5 rings (SSSR count). The fourth-order valence-corrected chi connectivity index (χ4v) is 5.82. The van der Waals surface area contributed by atoms with E-state index in [0.29, 0.717) is 32.5 Å². The van der Waals surface area contributed by atoms with E-state index in [9.17, 15) is 9.18 Å². The van der Waals surface area contributed by atoms with Gasteiger partial charge in [-0.05, 0) is 53.9 Å². The van der Waals surface area contributed by atoms with Crippen molar-refractivity contribution in [1.29, 1.82) is 0 Å². The summed E-state index contributed by atoms with van der Waals surface area (Å²) in [5.74, 6) is 0.0870. The third kappa shape index (κ3) is 6.39. The molecular weight excluding hydrogens is 566 g/mol. The van der Waals surface area contributed by atoms with Gasteiger partial charge < -0.3 is 5.32 Å². The van der Waals surface area contributed by atoms with Crippen molar-refractivity contribution in [2.24, 2.45) is 0 Å². The lowest BCUT2D eigenvalue weighted by Gasteiger charge is -2.22. The number of amides is 1. The molecule has 0 aliphatic rings. The average Bonchev–Trinajstić information content (AvgIpc) is 3.38. The molecule has 1 N–H and O–H groups in total. The van der Waals surface area contributed by atoms with Gasteiger partial charge >= 0.3 is 0 Å². The molecule has 0 saturated carbocycles. The van der Waals surface area contributed by atoms with E-state index < -0.39 is 12.0 Å². The van der Waals surface area contributed by atoms with E-state index in [0.717, 1.165) is 16.7 Å². The van der Waals surface area contributed by atoms with Gasteiger partial charge in [0.05, 0.1) is 22.7 Å². The van der Waals surface area contributed by atoms with Gasteiger partial charge in [0.2, 0.25) is 5.91 Å². The van der Waals surface area contributed by atoms with Crippen LogP contribution in [0.3, 0.4) is 0 Å². The van der Waals surface area contributed by atoms with Gasteiger partial charge in [-0.1, -0.05) is 108 Å². The van der Waals surface area contributed by atoms with E-state index >= 15 is 0 Å². The van der Waals surface area contributed by atoms with Crippen LogP contribution in [-0.4, -0.2) is 20.7 Å². The summed E-state index contributed by atoms with van der Waals surface area (Å²) in [5.41, 5.74) is 3.34. The van der Waals surface area contributed by atoms with Gasteiger partial charge in [0.15, 0.2) is 11.0 Å². The second kappa shape index (κ2) is 12.7. The number of nitrogens with one attached hydrogen (secondary N) is 1. The minimum atomic E-state index is -0.512. The van der Waals surface area contributed by atoms with Crippen molar-refractivity contribution in [3.63, 3.8) is 0 Å². The van der Waals surface area contributed by atoms with Crippen LogP contribution in [0.1, 0.15) is 41.4 Å². The number of thioether (sulfide) groups is 1. The third-order valence-corrected chi connectivity index (χ3v) is 7.90. The number of hydrogen-bond donors (Lipinski definition) is 1. The molecule has 40 heavy (non-hydrogen) atoms. The number of aromatic nitrogens is 3. The van der Waals surface area contributed by atoms with E-state index in [1.165, 1.54) is 23.9 Å². The van der Waals surface area contributed by atoms with Gasteiger partial charge in [-0.2, -0.15) is 0 Å². The summed E-state index contributed by atoms with van der Waals surface area (Å²) in [6, 6.07) is 30.3. The Kier molecular flexibility index (Phi) is 8.85. The summed E-state index contributed by atoms with van der Waals surface area (Å²) in [7, 11) is 0. The van der Waals surface area contributed by atoms with Crippen LogP contribution < -0.4 is 5.32 Å². The molecule has 9 heteroatoms. The van der Waals surface area contributed by atoms with Crippen molar-refractivity contribution >= 4 is 40.9 Å². The molecule has 0 saturated heterocycles. The standard InChI is InChI=1S/C31H25Cl2FN4OS/c1-20(35-30(39)28(22-8-4-2-5-9-22)23-10-6-3-7-11-23)29-36-37-31(40-19-21-12-15-25(34)16-13-21)38(29)27-17-14-24(32)18-26(27)33/h2-18,20,28H,19H2,1H3,(H,35,39). The number of hydrogen-bond acceptors (Lipinski definition) is 4. The van der Waals surface area contributed by atoms with E-state index in [1.807, 2.05) is 72.2 Å². The number of rotatable bonds is 9. The zero-order chi connectivity index (χ0) is 28.1. The molecule has 4 aromatic carbocycles. The van der Waals surface area contributed by atoms with E-state index in [4.69, 9.17) is 23.2 Å². The molecule has 0 aliphatic heterocycles. The Morgan fingerprint density at radius 1 is 0.900 bits per heavy atom. The minimum absolute atomic E-state index is 0.165. The lowest BCUT2D eigenvalue weighted by atomic mass is 9.90. The minimum Gasteiger partial charge on any atom is -0.346 e. The Morgan fingerprint density at radius 3 is 2.12 bits per heavy atom. The van der Waals surface area contributed by atoms with Crippen molar-refractivity contribution in [3.8, 4) is 5.69 Å². The summed E-state index contributed by atoms with van der Waals surface area (Å²) in [6.45, 7) is 1.86. The lowest BCUT2D eigenvalue weighted by Crippen LogP contribution is -2.33. The first kappa shape index (κ1) is 27.9. The summed E-state index contributed by atoms with van der Waals surface area (Å²) in [4.78, 5) is 13.8. The maximum absolute atomic E-state index is 13.8. The zero-order valence-corrected chi connectivity index (χ0v) is 23.8. The van der Waals surface area contributed by atoms with Gasteiger partial charge in [0.25, 0.3) is 0 Å². The van der Waals surface area contributed by atoms with Crippen LogP contribution in [0.25, 0.3) is 5.69 Å². The topological polar surface area (TPSA) is 59.8 Å². The SMILES string of the molecule is CC(NC(=O)C(c1ccccc1)c1ccccc1)c1nnc(SCc2ccc(F)cc2)n1-c1ccc(Cl)cc1Cl. The molecule has 1 heterocycles. The van der Waals surface area contributed by atoms with Crippen LogP contribution in [0.5, 0.6) is 0 Å². The number of halogens is 3. The first-order valence-electron chi connectivity index (χ1n) is 12.6. The van der Waals surface area contributed by atoms with Gasteiger partial charge in [-0.15, -0.1) is 10.2 Å².